The van der Waals surface area contributed by atoms with Crippen molar-refractivity contribution >= 4 is 5.69 Å². The molecule has 0 aromatic heterocycles. The van der Waals surface area contributed by atoms with Gasteiger partial charge in [0.1, 0.15) is 0 Å². The van der Waals surface area contributed by atoms with Crippen molar-refractivity contribution in [3.8, 4) is 6.07 Å². The van der Waals surface area contributed by atoms with Gasteiger partial charge in [0.15, 0.2) is 0 Å². The molecule has 0 spiro atoms. The highest BCUT2D eigenvalue weighted by molar-refractivity contribution is 5.46. The summed E-state index contributed by atoms with van der Waals surface area (Å²) < 4.78 is 0. The van der Waals surface area contributed by atoms with Crippen molar-refractivity contribution in [1.82, 2.24) is 0 Å². The Bertz CT molecular complexity index is 536. The number of nitrogens with one attached hydrogen (secondary N) is 1. The number of anilines is 1. The Hall–Kier alpha value is -2.27. The summed E-state index contributed by atoms with van der Waals surface area (Å²) in [5.74, 6) is 0. The number of nitrogens with zero attached hydrogens (tertiary/aromatic N) is 1. The van der Waals surface area contributed by atoms with E-state index in [1.54, 1.807) is 0 Å². The van der Waals surface area contributed by atoms with Gasteiger partial charge < -0.3 is 5.32 Å². The third-order valence-corrected chi connectivity index (χ3v) is 2.60. The summed E-state index contributed by atoms with van der Waals surface area (Å²) in [6.45, 7) is 2.85. The first kappa shape index (κ1) is 11.2. The first-order chi connectivity index (χ1) is 8.28. The molecule has 0 atom stereocenters. The smallest absolute Gasteiger partial charge is 0.0991 e. The van der Waals surface area contributed by atoms with Gasteiger partial charge in [0, 0.05) is 12.2 Å². The molecule has 0 saturated carbocycles. The predicted octanol–water partition coefficient (Wildman–Crippen LogP) is 3.48. The molecular formula is C15H14N2. The van der Waals surface area contributed by atoms with Crippen LogP contribution in [0.15, 0.2) is 48.5 Å². The normalized spacial score (nSPS) is 9.65. The fraction of sp³-hybridized carbons (Fsp3) is 0.133. The van der Waals surface area contributed by atoms with Gasteiger partial charge in [-0.05, 0) is 42.3 Å². The molecule has 0 unspecified atom stereocenters. The molecule has 0 fully saturated rings. The lowest BCUT2D eigenvalue weighted by Crippen LogP contribution is -1.99. The highest BCUT2D eigenvalue weighted by Gasteiger charge is 1.95. The van der Waals surface area contributed by atoms with Gasteiger partial charge >= 0.3 is 0 Å². The van der Waals surface area contributed by atoms with E-state index in [9.17, 15) is 0 Å². The number of hydrogen-bond donors (Lipinski definition) is 1. The lowest BCUT2D eigenvalue weighted by atomic mass is 10.1. The van der Waals surface area contributed by atoms with Crippen LogP contribution in [0.1, 0.15) is 16.7 Å². The maximum atomic E-state index is 8.70. The van der Waals surface area contributed by atoms with Crippen LogP contribution in [0.5, 0.6) is 0 Å². The lowest BCUT2D eigenvalue weighted by Gasteiger charge is -2.07. The van der Waals surface area contributed by atoms with Crippen LogP contribution in [-0.4, -0.2) is 0 Å². The quantitative estimate of drug-likeness (QED) is 0.863. The van der Waals surface area contributed by atoms with Crippen LogP contribution in [0.2, 0.25) is 0 Å². The van der Waals surface area contributed by atoms with E-state index in [0.717, 1.165) is 12.2 Å². The third-order valence-electron chi connectivity index (χ3n) is 2.60. The van der Waals surface area contributed by atoms with E-state index in [1.165, 1.54) is 11.1 Å². The van der Waals surface area contributed by atoms with E-state index in [2.05, 4.69) is 36.5 Å². The maximum Gasteiger partial charge on any atom is 0.0991 e. The summed E-state index contributed by atoms with van der Waals surface area (Å²) in [4.78, 5) is 0. The number of benzene rings is 2. The molecule has 0 aliphatic heterocycles. The zero-order chi connectivity index (χ0) is 12.1. The summed E-state index contributed by atoms with van der Waals surface area (Å²) in [7, 11) is 0. The SMILES string of the molecule is Cc1cccc(NCc2ccc(C#N)cc2)c1. The second-order valence-corrected chi connectivity index (χ2v) is 4.03. The monoisotopic (exact) mass is 222 g/mol. The van der Waals surface area contributed by atoms with E-state index in [-0.39, 0.29) is 0 Å². The molecule has 0 aliphatic carbocycles. The molecule has 0 radical (unpaired) electrons. The molecule has 1 N–H and O–H groups in total. The van der Waals surface area contributed by atoms with Gasteiger partial charge in [-0.1, -0.05) is 24.3 Å². The summed E-state index contributed by atoms with van der Waals surface area (Å²) in [5.41, 5.74) is 4.24. The zero-order valence-electron chi connectivity index (χ0n) is 9.77. The minimum absolute atomic E-state index is 0.698. The number of rotatable bonds is 3. The summed E-state index contributed by atoms with van der Waals surface area (Å²) in [6, 6.07) is 18.0. The Morgan fingerprint density at radius 3 is 2.53 bits per heavy atom. The van der Waals surface area contributed by atoms with Gasteiger partial charge in [-0.2, -0.15) is 5.26 Å². The number of nitriles is 1. The molecule has 84 valence electrons. The molecule has 2 nitrogen and oxygen atoms in total. The maximum absolute atomic E-state index is 8.70. The fourth-order valence-electron chi connectivity index (χ4n) is 1.66. The Labute approximate surface area is 102 Å². The van der Waals surface area contributed by atoms with E-state index in [4.69, 9.17) is 5.26 Å². The van der Waals surface area contributed by atoms with Crippen LogP contribution in [0, 0.1) is 18.3 Å². The van der Waals surface area contributed by atoms with Crippen LogP contribution in [0.3, 0.4) is 0 Å². The second kappa shape index (κ2) is 5.18. The molecule has 17 heavy (non-hydrogen) atoms. The van der Waals surface area contributed by atoms with Gasteiger partial charge in [0.2, 0.25) is 0 Å². The van der Waals surface area contributed by atoms with Crippen molar-refractivity contribution in [2.45, 2.75) is 13.5 Å². The van der Waals surface area contributed by atoms with E-state index in [0.29, 0.717) is 5.56 Å². The van der Waals surface area contributed by atoms with Gasteiger partial charge in [0.05, 0.1) is 11.6 Å². The van der Waals surface area contributed by atoms with Crippen molar-refractivity contribution in [2.75, 3.05) is 5.32 Å². The molecule has 2 rings (SSSR count). The molecule has 0 amide bonds. The van der Waals surface area contributed by atoms with Gasteiger partial charge in [-0.25, -0.2) is 0 Å². The van der Waals surface area contributed by atoms with Crippen molar-refractivity contribution in [2.24, 2.45) is 0 Å². The highest BCUT2D eigenvalue weighted by Crippen LogP contribution is 2.11. The van der Waals surface area contributed by atoms with Crippen molar-refractivity contribution in [1.29, 1.82) is 5.26 Å². The van der Waals surface area contributed by atoms with Gasteiger partial charge in [-0.15, -0.1) is 0 Å². The molecule has 2 aromatic carbocycles. The molecule has 0 heterocycles. The van der Waals surface area contributed by atoms with Gasteiger partial charge in [0.25, 0.3) is 0 Å². The molecular weight excluding hydrogens is 208 g/mol. The Kier molecular flexibility index (Phi) is 3.42. The van der Waals surface area contributed by atoms with Crippen LogP contribution in [-0.2, 0) is 6.54 Å². The average molecular weight is 222 g/mol. The Balaban J connectivity index is 2.00. The van der Waals surface area contributed by atoms with Gasteiger partial charge in [-0.3, -0.25) is 0 Å². The Morgan fingerprint density at radius 2 is 1.88 bits per heavy atom. The van der Waals surface area contributed by atoms with E-state index < -0.39 is 0 Å². The summed E-state index contributed by atoms with van der Waals surface area (Å²) in [6.07, 6.45) is 0. The Morgan fingerprint density at radius 1 is 1.12 bits per heavy atom. The topological polar surface area (TPSA) is 35.8 Å². The number of aryl methyl sites for hydroxylation is 1. The van der Waals surface area contributed by atoms with E-state index in [1.807, 2.05) is 30.3 Å². The second-order valence-electron chi connectivity index (χ2n) is 4.03. The summed E-state index contributed by atoms with van der Waals surface area (Å²) >= 11 is 0. The predicted molar refractivity (Wildman–Crippen MR) is 69.7 cm³/mol. The highest BCUT2D eigenvalue weighted by atomic mass is 14.9. The average Bonchev–Trinajstić information content (AvgIpc) is 2.37. The van der Waals surface area contributed by atoms with Crippen molar-refractivity contribution < 1.29 is 0 Å². The molecule has 2 aromatic rings. The van der Waals surface area contributed by atoms with Crippen LogP contribution in [0.4, 0.5) is 5.69 Å². The largest absolute Gasteiger partial charge is 0.381 e. The number of hydrogen-bond acceptors (Lipinski definition) is 2. The van der Waals surface area contributed by atoms with Crippen LogP contribution in [0.25, 0.3) is 0 Å². The molecule has 2 heteroatoms. The van der Waals surface area contributed by atoms with Crippen molar-refractivity contribution in [3.05, 3.63) is 65.2 Å². The van der Waals surface area contributed by atoms with Crippen LogP contribution >= 0.6 is 0 Å². The van der Waals surface area contributed by atoms with Crippen LogP contribution < -0.4 is 5.32 Å². The molecule has 0 saturated heterocycles. The molecule has 0 aliphatic rings. The lowest BCUT2D eigenvalue weighted by molar-refractivity contribution is 1.15. The minimum atomic E-state index is 0.698. The fourth-order valence-corrected chi connectivity index (χ4v) is 1.66. The third kappa shape index (κ3) is 3.09. The molecule has 0 bridgehead atoms. The first-order valence-electron chi connectivity index (χ1n) is 5.57. The van der Waals surface area contributed by atoms with E-state index >= 15 is 0 Å². The first-order valence-corrected chi connectivity index (χ1v) is 5.57. The summed E-state index contributed by atoms with van der Waals surface area (Å²) in [5, 5.41) is 12.1. The standard InChI is InChI=1S/C15H14N2/c1-12-3-2-4-15(9-12)17-11-14-7-5-13(10-16)6-8-14/h2-9,17H,11H2,1H3. The minimum Gasteiger partial charge on any atom is -0.381 e. The zero-order valence-corrected chi connectivity index (χ0v) is 9.77. The van der Waals surface area contributed by atoms with Crippen molar-refractivity contribution in [3.63, 3.8) is 0 Å².